The third kappa shape index (κ3) is 6.01. The Kier molecular flexibility index (Phi) is 8.64. The summed E-state index contributed by atoms with van der Waals surface area (Å²) in [5.74, 6) is 1.51. The number of nitriles is 1. The molecule has 10 heteroatoms. The minimum Gasteiger partial charge on any atom is -0.486 e. The van der Waals surface area contributed by atoms with E-state index in [4.69, 9.17) is 4.74 Å². The zero-order valence-corrected chi connectivity index (χ0v) is 22.2. The van der Waals surface area contributed by atoms with Crippen LogP contribution in [-0.2, 0) is 30.8 Å². The summed E-state index contributed by atoms with van der Waals surface area (Å²) in [6.45, 7) is 2.98. The smallest absolute Gasteiger partial charge is 0.235 e. The first-order chi connectivity index (χ1) is 16.6. The highest BCUT2D eigenvalue weighted by atomic mass is 79.9. The van der Waals surface area contributed by atoms with Crippen LogP contribution in [0.2, 0.25) is 0 Å². The van der Waals surface area contributed by atoms with Gasteiger partial charge in [0.15, 0.2) is 11.0 Å². The van der Waals surface area contributed by atoms with Crippen LogP contribution in [0.25, 0.3) is 0 Å². The molecule has 4 rings (SSSR count). The van der Waals surface area contributed by atoms with Crippen LogP contribution in [0, 0.1) is 11.3 Å². The lowest BCUT2D eigenvalue weighted by Gasteiger charge is -2.09. The van der Waals surface area contributed by atoms with E-state index in [1.165, 1.54) is 29.5 Å². The first-order valence-electron chi connectivity index (χ1n) is 11.4. The zero-order chi connectivity index (χ0) is 23.9. The molecule has 0 fully saturated rings. The van der Waals surface area contributed by atoms with Crippen LogP contribution in [0.1, 0.15) is 54.4 Å². The third-order valence-corrected chi connectivity index (χ3v) is 8.36. The molecule has 3 aromatic rings. The van der Waals surface area contributed by atoms with Gasteiger partial charge in [0.2, 0.25) is 5.91 Å². The lowest BCUT2D eigenvalue weighted by atomic mass is 9.97. The van der Waals surface area contributed by atoms with Crippen LogP contribution in [-0.4, -0.2) is 26.4 Å². The van der Waals surface area contributed by atoms with Gasteiger partial charge in [0.1, 0.15) is 23.4 Å². The Morgan fingerprint density at radius 3 is 2.74 bits per heavy atom. The number of halogens is 1. The summed E-state index contributed by atoms with van der Waals surface area (Å²) in [6, 6.07) is 9.95. The van der Waals surface area contributed by atoms with E-state index in [2.05, 4.69) is 37.5 Å². The van der Waals surface area contributed by atoms with Gasteiger partial charge in [-0.3, -0.25) is 4.79 Å². The van der Waals surface area contributed by atoms with E-state index in [1.807, 2.05) is 35.8 Å². The number of hydrogen-bond acceptors (Lipinski definition) is 7. The largest absolute Gasteiger partial charge is 0.486 e. The number of carbonyl (C=O) groups excluding carboxylic acids is 1. The average molecular weight is 561 g/mol. The number of benzene rings is 1. The second-order valence-corrected chi connectivity index (χ2v) is 10.9. The fourth-order valence-electron chi connectivity index (χ4n) is 3.95. The maximum atomic E-state index is 12.7. The van der Waals surface area contributed by atoms with Gasteiger partial charge in [-0.25, -0.2) is 0 Å². The van der Waals surface area contributed by atoms with Crippen LogP contribution in [0.3, 0.4) is 0 Å². The number of thiophene rings is 1. The fourth-order valence-corrected chi connectivity index (χ4v) is 6.29. The Morgan fingerprint density at radius 1 is 1.24 bits per heavy atom. The van der Waals surface area contributed by atoms with E-state index in [9.17, 15) is 10.1 Å². The molecule has 1 N–H and O–H groups in total. The normalized spacial score (nSPS) is 13.4. The summed E-state index contributed by atoms with van der Waals surface area (Å²) >= 11 is 6.31. The Bertz CT molecular complexity index is 1180. The first-order valence-corrected chi connectivity index (χ1v) is 14.0. The van der Waals surface area contributed by atoms with E-state index >= 15 is 0 Å². The van der Waals surface area contributed by atoms with Crippen molar-refractivity contribution in [2.24, 2.45) is 0 Å². The number of amides is 1. The van der Waals surface area contributed by atoms with Gasteiger partial charge in [-0.05, 0) is 62.4 Å². The Morgan fingerprint density at radius 2 is 2.00 bits per heavy atom. The number of anilines is 1. The number of nitrogens with one attached hydrogen (secondary N) is 1. The monoisotopic (exact) mass is 559 g/mol. The first kappa shape index (κ1) is 24.8. The number of ether oxygens (including phenoxy) is 1. The van der Waals surface area contributed by atoms with Crippen LogP contribution >= 0.6 is 39.0 Å². The second kappa shape index (κ2) is 11.9. The van der Waals surface area contributed by atoms with E-state index in [0.29, 0.717) is 34.7 Å². The van der Waals surface area contributed by atoms with Gasteiger partial charge in [-0.15, -0.1) is 21.5 Å². The molecule has 0 spiro atoms. The van der Waals surface area contributed by atoms with Crippen LogP contribution < -0.4 is 10.1 Å². The Labute approximate surface area is 216 Å². The molecule has 7 nitrogen and oxygen atoms in total. The molecule has 0 radical (unpaired) electrons. The van der Waals surface area contributed by atoms with Crippen molar-refractivity contribution >= 4 is 49.9 Å². The lowest BCUT2D eigenvalue weighted by molar-refractivity contribution is -0.113. The fraction of sp³-hybridized carbons (Fsp3) is 0.417. The van der Waals surface area contributed by atoms with Crippen molar-refractivity contribution in [2.45, 2.75) is 63.8 Å². The van der Waals surface area contributed by atoms with E-state index in [-0.39, 0.29) is 11.7 Å². The molecule has 1 amide bonds. The van der Waals surface area contributed by atoms with Gasteiger partial charge < -0.3 is 14.6 Å². The molecule has 178 valence electrons. The van der Waals surface area contributed by atoms with Crippen LogP contribution in [0.15, 0.2) is 33.9 Å². The standard InChI is InChI=1S/C24H26BrN5O2S2/c1-2-30-21(14-32-17-11-9-16(25)10-12-17)28-29-24(30)33-15-22(31)27-23-19(13-26)18-7-5-3-4-6-8-20(18)34-23/h9-12H,2-8,14-15H2,1H3,(H,27,31). The summed E-state index contributed by atoms with van der Waals surface area (Å²) in [4.78, 5) is 14.0. The summed E-state index contributed by atoms with van der Waals surface area (Å²) in [7, 11) is 0. The number of carbonyl (C=O) groups is 1. The lowest BCUT2D eigenvalue weighted by Crippen LogP contribution is -2.15. The van der Waals surface area contributed by atoms with Crippen molar-refractivity contribution in [1.29, 1.82) is 5.26 Å². The van der Waals surface area contributed by atoms with Gasteiger partial charge in [-0.2, -0.15) is 5.26 Å². The van der Waals surface area contributed by atoms with Gasteiger partial charge in [-0.1, -0.05) is 40.5 Å². The number of rotatable bonds is 8. The number of aromatic nitrogens is 3. The van der Waals surface area contributed by atoms with E-state index in [0.717, 1.165) is 41.5 Å². The molecule has 2 aromatic heterocycles. The molecule has 1 aliphatic carbocycles. The summed E-state index contributed by atoms with van der Waals surface area (Å²) in [6.07, 6.45) is 6.58. The molecule has 1 aromatic carbocycles. The number of thioether (sulfide) groups is 1. The minimum absolute atomic E-state index is 0.144. The predicted octanol–water partition coefficient (Wildman–Crippen LogP) is 5.96. The maximum absolute atomic E-state index is 12.7. The quantitative estimate of drug-likeness (QED) is 0.342. The molecule has 2 heterocycles. The molecule has 0 saturated carbocycles. The molecular formula is C24H26BrN5O2S2. The van der Waals surface area contributed by atoms with Crippen molar-refractivity contribution in [3.05, 3.63) is 50.6 Å². The average Bonchev–Trinajstić information content (AvgIpc) is 3.36. The molecule has 0 saturated heterocycles. The highest BCUT2D eigenvalue weighted by Gasteiger charge is 2.21. The summed E-state index contributed by atoms with van der Waals surface area (Å²) in [5, 5.41) is 22.6. The Balaban J connectivity index is 1.37. The molecule has 0 bridgehead atoms. The molecule has 1 aliphatic rings. The van der Waals surface area contributed by atoms with Gasteiger partial charge >= 0.3 is 0 Å². The molecular weight excluding hydrogens is 534 g/mol. The van der Waals surface area contributed by atoms with Crippen molar-refractivity contribution in [3.63, 3.8) is 0 Å². The van der Waals surface area contributed by atoms with Crippen molar-refractivity contribution in [3.8, 4) is 11.8 Å². The highest BCUT2D eigenvalue weighted by Crippen LogP contribution is 2.36. The maximum Gasteiger partial charge on any atom is 0.235 e. The van der Waals surface area contributed by atoms with Gasteiger partial charge in [0, 0.05) is 15.9 Å². The summed E-state index contributed by atoms with van der Waals surface area (Å²) < 4.78 is 8.77. The SMILES string of the molecule is CCn1c(COc2ccc(Br)cc2)nnc1SCC(=O)Nc1sc2c(c1C#N)CCCCCC2. The van der Waals surface area contributed by atoms with Crippen LogP contribution in [0.5, 0.6) is 5.75 Å². The van der Waals surface area contributed by atoms with E-state index < -0.39 is 0 Å². The number of fused-ring (bicyclic) bond motifs is 1. The van der Waals surface area contributed by atoms with E-state index in [1.54, 1.807) is 11.3 Å². The molecule has 0 atom stereocenters. The summed E-state index contributed by atoms with van der Waals surface area (Å²) in [5.41, 5.74) is 1.78. The second-order valence-electron chi connectivity index (χ2n) is 7.96. The minimum atomic E-state index is -0.144. The highest BCUT2D eigenvalue weighted by molar-refractivity contribution is 9.10. The van der Waals surface area contributed by atoms with Crippen molar-refractivity contribution in [1.82, 2.24) is 14.8 Å². The Hall–Kier alpha value is -2.35. The number of nitrogens with zero attached hydrogens (tertiary/aromatic N) is 4. The predicted molar refractivity (Wildman–Crippen MR) is 138 cm³/mol. The third-order valence-electron chi connectivity index (χ3n) is 5.66. The van der Waals surface area contributed by atoms with Crippen molar-refractivity contribution in [2.75, 3.05) is 11.1 Å². The topological polar surface area (TPSA) is 92.8 Å². The molecule has 0 aliphatic heterocycles. The van der Waals surface area contributed by atoms with Gasteiger partial charge in [0.25, 0.3) is 0 Å². The number of hydrogen-bond donors (Lipinski definition) is 1. The van der Waals surface area contributed by atoms with Gasteiger partial charge in [0.05, 0.1) is 11.3 Å². The van der Waals surface area contributed by atoms with Crippen molar-refractivity contribution < 1.29 is 9.53 Å². The molecule has 34 heavy (non-hydrogen) atoms. The van der Waals surface area contributed by atoms with Crippen LogP contribution in [0.4, 0.5) is 5.00 Å². The number of aryl methyl sites for hydroxylation is 1. The zero-order valence-electron chi connectivity index (χ0n) is 19.0. The molecule has 0 unspecified atom stereocenters.